The third kappa shape index (κ3) is 4.46. The van der Waals surface area contributed by atoms with Crippen molar-refractivity contribution in [3.05, 3.63) is 64.7 Å². The van der Waals surface area contributed by atoms with Crippen molar-refractivity contribution in [2.24, 2.45) is 0 Å². The Morgan fingerprint density at radius 2 is 1.86 bits per heavy atom. The molecule has 4 heteroatoms. The molecule has 112 valence electrons. The maximum Gasteiger partial charge on any atom is 0.0976 e. The Morgan fingerprint density at radius 3 is 2.62 bits per heavy atom. The van der Waals surface area contributed by atoms with Gasteiger partial charge in [-0.15, -0.1) is 0 Å². The van der Waals surface area contributed by atoms with E-state index in [4.69, 9.17) is 16.3 Å². The highest BCUT2D eigenvalue weighted by Crippen LogP contribution is 2.23. The highest BCUT2D eigenvalue weighted by Gasteiger charge is 2.11. The maximum atomic E-state index is 10.3. The molecule has 0 aliphatic heterocycles. The molecular formula is C17H20ClNO2. The van der Waals surface area contributed by atoms with Crippen LogP contribution in [0.5, 0.6) is 0 Å². The van der Waals surface area contributed by atoms with Gasteiger partial charge in [-0.25, -0.2) is 0 Å². The van der Waals surface area contributed by atoms with Gasteiger partial charge in [0.15, 0.2) is 0 Å². The van der Waals surface area contributed by atoms with E-state index in [1.54, 1.807) is 13.2 Å². The number of methoxy groups -OCH3 is 1. The lowest BCUT2D eigenvalue weighted by molar-refractivity contribution is 0.191. The van der Waals surface area contributed by atoms with Crippen LogP contribution in [-0.4, -0.2) is 25.4 Å². The van der Waals surface area contributed by atoms with Crippen LogP contribution in [0, 0.1) is 0 Å². The number of ether oxygens (including phenoxy) is 1. The molecular weight excluding hydrogens is 286 g/mol. The van der Waals surface area contributed by atoms with Gasteiger partial charge in [0.2, 0.25) is 0 Å². The molecule has 0 saturated heterocycles. The molecule has 1 unspecified atom stereocenters. The van der Waals surface area contributed by atoms with Crippen LogP contribution in [0.4, 0.5) is 5.69 Å². The monoisotopic (exact) mass is 305 g/mol. The Labute approximate surface area is 130 Å². The van der Waals surface area contributed by atoms with Crippen LogP contribution in [-0.2, 0) is 11.2 Å². The number of halogens is 1. The van der Waals surface area contributed by atoms with Crippen molar-refractivity contribution in [2.45, 2.75) is 12.5 Å². The van der Waals surface area contributed by atoms with E-state index < -0.39 is 6.10 Å². The summed E-state index contributed by atoms with van der Waals surface area (Å²) in [6, 6.07) is 15.4. The molecule has 0 aliphatic carbocycles. The van der Waals surface area contributed by atoms with Crippen LogP contribution in [0.15, 0.2) is 48.5 Å². The lowest BCUT2D eigenvalue weighted by atomic mass is 10.1. The van der Waals surface area contributed by atoms with E-state index in [0.29, 0.717) is 18.2 Å². The lowest BCUT2D eigenvalue weighted by Crippen LogP contribution is -2.14. The second-order valence-electron chi connectivity index (χ2n) is 4.82. The maximum absolute atomic E-state index is 10.3. The van der Waals surface area contributed by atoms with E-state index in [1.807, 2.05) is 36.4 Å². The summed E-state index contributed by atoms with van der Waals surface area (Å²) in [6.45, 7) is 1.08. The topological polar surface area (TPSA) is 41.5 Å². The second kappa shape index (κ2) is 8.03. The van der Waals surface area contributed by atoms with Crippen molar-refractivity contribution in [3.8, 4) is 0 Å². The Balaban J connectivity index is 2.01. The molecule has 2 rings (SSSR count). The van der Waals surface area contributed by atoms with Crippen LogP contribution in [0.3, 0.4) is 0 Å². The fourth-order valence-corrected chi connectivity index (χ4v) is 2.45. The van der Waals surface area contributed by atoms with Crippen LogP contribution < -0.4 is 5.32 Å². The summed E-state index contributed by atoms with van der Waals surface area (Å²) in [7, 11) is 1.69. The molecule has 1 atom stereocenters. The van der Waals surface area contributed by atoms with Crippen molar-refractivity contribution in [3.63, 3.8) is 0 Å². The van der Waals surface area contributed by atoms with Gasteiger partial charge in [0.25, 0.3) is 0 Å². The zero-order chi connectivity index (χ0) is 15.1. The Morgan fingerprint density at radius 1 is 1.14 bits per heavy atom. The zero-order valence-corrected chi connectivity index (χ0v) is 12.8. The van der Waals surface area contributed by atoms with E-state index in [-0.39, 0.29) is 0 Å². The summed E-state index contributed by atoms with van der Waals surface area (Å²) in [4.78, 5) is 0. The minimum atomic E-state index is -0.644. The molecule has 0 radical (unpaired) electrons. The van der Waals surface area contributed by atoms with Gasteiger partial charge in [-0.1, -0.05) is 48.0 Å². The molecule has 0 bridgehead atoms. The van der Waals surface area contributed by atoms with E-state index in [1.165, 1.54) is 5.56 Å². The normalized spacial score (nSPS) is 12.1. The van der Waals surface area contributed by atoms with Crippen molar-refractivity contribution in [1.29, 1.82) is 0 Å². The number of benzene rings is 2. The van der Waals surface area contributed by atoms with Crippen LogP contribution >= 0.6 is 11.6 Å². The Hall–Kier alpha value is -1.55. The number of para-hydroxylation sites is 1. The van der Waals surface area contributed by atoms with Crippen molar-refractivity contribution >= 4 is 17.3 Å². The number of aliphatic hydroxyl groups excluding tert-OH is 1. The van der Waals surface area contributed by atoms with Gasteiger partial charge < -0.3 is 15.2 Å². The highest BCUT2D eigenvalue weighted by atomic mass is 35.5. The fourth-order valence-electron chi connectivity index (χ4n) is 2.18. The first kappa shape index (κ1) is 15.8. The first-order valence-electron chi connectivity index (χ1n) is 6.95. The molecule has 3 nitrogen and oxygen atoms in total. The molecule has 0 spiro atoms. The second-order valence-corrected chi connectivity index (χ2v) is 5.23. The third-order valence-corrected chi connectivity index (χ3v) is 3.69. The van der Waals surface area contributed by atoms with E-state index in [0.717, 1.165) is 17.7 Å². The lowest BCUT2D eigenvalue weighted by Gasteiger charge is -2.16. The fraction of sp³-hybridized carbons (Fsp3) is 0.294. The molecule has 2 aromatic rings. The minimum Gasteiger partial charge on any atom is -0.387 e. The number of aliphatic hydroxyl groups is 1. The SMILES string of the molecule is COCCc1ccccc1NCC(O)c1ccccc1Cl. The molecule has 0 heterocycles. The van der Waals surface area contributed by atoms with Gasteiger partial charge in [0.1, 0.15) is 0 Å². The molecule has 0 amide bonds. The van der Waals surface area contributed by atoms with E-state index in [9.17, 15) is 5.11 Å². The van der Waals surface area contributed by atoms with E-state index >= 15 is 0 Å². The smallest absolute Gasteiger partial charge is 0.0976 e. The standard InChI is InChI=1S/C17H20ClNO2/c1-21-11-10-13-6-2-5-9-16(13)19-12-17(20)14-7-3-4-8-15(14)18/h2-9,17,19-20H,10-12H2,1H3. The predicted molar refractivity (Wildman–Crippen MR) is 86.9 cm³/mol. The summed E-state index contributed by atoms with van der Waals surface area (Å²) in [5.41, 5.74) is 2.92. The number of anilines is 1. The molecule has 0 aliphatic rings. The summed E-state index contributed by atoms with van der Waals surface area (Å²) >= 11 is 6.10. The largest absolute Gasteiger partial charge is 0.387 e. The molecule has 2 aromatic carbocycles. The number of hydrogen-bond donors (Lipinski definition) is 2. The molecule has 2 N–H and O–H groups in total. The summed E-state index contributed by atoms with van der Waals surface area (Å²) < 4.78 is 5.12. The number of rotatable bonds is 7. The summed E-state index contributed by atoms with van der Waals surface area (Å²) in [5, 5.41) is 14.1. The van der Waals surface area contributed by atoms with Crippen LogP contribution in [0.1, 0.15) is 17.2 Å². The van der Waals surface area contributed by atoms with Gasteiger partial charge in [0.05, 0.1) is 12.7 Å². The van der Waals surface area contributed by atoms with E-state index in [2.05, 4.69) is 11.4 Å². The van der Waals surface area contributed by atoms with Gasteiger partial charge in [-0.3, -0.25) is 0 Å². The van der Waals surface area contributed by atoms with Crippen molar-refractivity contribution in [2.75, 3.05) is 25.6 Å². The number of nitrogens with one attached hydrogen (secondary N) is 1. The van der Waals surface area contributed by atoms with Gasteiger partial charge >= 0.3 is 0 Å². The molecule has 0 saturated carbocycles. The highest BCUT2D eigenvalue weighted by molar-refractivity contribution is 6.31. The zero-order valence-electron chi connectivity index (χ0n) is 12.1. The average molecular weight is 306 g/mol. The Kier molecular flexibility index (Phi) is 6.05. The Bertz CT molecular complexity index is 574. The first-order valence-corrected chi connectivity index (χ1v) is 7.33. The van der Waals surface area contributed by atoms with Crippen LogP contribution in [0.2, 0.25) is 5.02 Å². The quantitative estimate of drug-likeness (QED) is 0.820. The average Bonchev–Trinajstić information content (AvgIpc) is 2.52. The molecule has 21 heavy (non-hydrogen) atoms. The van der Waals surface area contributed by atoms with Crippen molar-refractivity contribution < 1.29 is 9.84 Å². The first-order chi connectivity index (χ1) is 10.2. The van der Waals surface area contributed by atoms with Gasteiger partial charge in [-0.05, 0) is 24.1 Å². The van der Waals surface area contributed by atoms with Gasteiger partial charge in [0, 0.05) is 29.9 Å². The van der Waals surface area contributed by atoms with Gasteiger partial charge in [-0.2, -0.15) is 0 Å². The molecule has 0 aromatic heterocycles. The minimum absolute atomic E-state index is 0.410. The summed E-state index contributed by atoms with van der Waals surface area (Å²) in [6.07, 6.45) is 0.191. The molecule has 0 fully saturated rings. The third-order valence-electron chi connectivity index (χ3n) is 3.34. The predicted octanol–water partition coefficient (Wildman–Crippen LogP) is 3.67. The van der Waals surface area contributed by atoms with Crippen LogP contribution in [0.25, 0.3) is 0 Å². The number of hydrogen-bond acceptors (Lipinski definition) is 3. The summed E-state index contributed by atoms with van der Waals surface area (Å²) in [5.74, 6) is 0. The van der Waals surface area contributed by atoms with Crippen molar-refractivity contribution in [1.82, 2.24) is 0 Å².